The fourth-order valence-electron chi connectivity index (χ4n) is 0.317. The van der Waals surface area contributed by atoms with Crippen LogP contribution >= 0.6 is 17.9 Å². The third-order valence-corrected chi connectivity index (χ3v) is 1.44. The second-order valence-corrected chi connectivity index (χ2v) is 6.46. The Labute approximate surface area is 69.5 Å². The summed E-state index contributed by atoms with van der Waals surface area (Å²) < 4.78 is 4.65. The molecule has 0 heterocycles. The van der Waals surface area contributed by atoms with Crippen LogP contribution in [0.4, 0.5) is 0 Å². The van der Waals surface area contributed by atoms with Gasteiger partial charge in [-0.25, -0.2) is 0 Å². The molecule has 0 aliphatic rings. The predicted octanol–water partition coefficient (Wildman–Crippen LogP) is 1.13. The van der Waals surface area contributed by atoms with E-state index in [0.29, 0.717) is 0 Å². The first-order chi connectivity index (χ1) is 4.45. The second kappa shape index (κ2) is 4.18. The van der Waals surface area contributed by atoms with Gasteiger partial charge in [-0.2, -0.15) is 0 Å². The summed E-state index contributed by atoms with van der Waals surface area (Å²) in [7, 11) is 1.37. The highest BCUT2D eigenvalue weighted by Gasteiger charge is 2.07. The SMILES string of the molecule is CO/N=C(\C)OP(O)(=S)S. The predicted molar refractivity (Wildman–Crippen MR) is 46.7 cm³/mol. The van der Waals surface area contributed by atoms with Crippen LogP contribution in [-0.2, 0) is 21.2 Å². The summed E-state index contributed by atoms with van der Waals surface area (Å²) in [6.07, 6.45) is 0. The summed E-state index contributed by atoms with van der Waals surface area (Å²) in [5, 5.41) is 3.36. The molecule has 0 saturated carbocycles. The quantitative estimate of drug-likeness (QED) is 0.231. The summed E-state index contributed by atoms with van der Waals surface area (Å²) >= 11 is 8.06. The van der Waals surface area contributed by atoms with E-state index in [-0.39, 0.29) is 5.90 Å². The first-order valence-corrected chi connectivity index (χ1v) is 6.11. The molecule has 0 radical (unpaired) electrons. The molecule has 1 N–H and O–H groups in total. The van der Waals surface area contributed by atoms with Crippen molar-refractivity contribution < 1.29 is 14.3 Å². The van der Waals surface area contributed by atoms with Crippen LogP contribution in [0.15, 0.2) is 5.16 Å². The number of rotatable bonds is 2. The highest BCUT2D eigenvalue weighted by atomic mass is 32.9. The molecule has 0 aromatic rings. The highest BCUT2D eigenvalue weighted by Crippen LogP contribution is 2.47. The Morgan fingerprint density at radius 1 is 1.80 bits per heavy atom. The van der Waals surface area contributed by atoms with E-state index in [0.717, 1.165) is 0 Å². The molecule has 0 rings (SSSR count). The molecule has 0 amide bonds. The average Bonchev–Trinajstić information content (AvgIpc) is 1.59. The molecule has 1 unspecified atom stereocenters. The van der Waals surface area contributed by atoms with Gasteiger partial charge in [0.2, 0.25) is 5.90 Å². The molecule has 0 bridgehead atoms. The summed E-state index contributed by atoms with van der Waals surface area (Å²) in [6.45, 7) is 1.51. The number of nitrogens with zero attached hydrogens (tertiary/aromatic N) is 1. The normalized spacial score (nSPS) is 17.8. The number of hydrogen-bond donors (Lipinski definition) is 2. The van der Waals surface area contributed by atoms with Crippen molar-refractivity contribution in [1.82, 2.24) is 0 Å². The van der Waals surface area contributed by atoms with Crippen molar-refractivity contribution in [2.75, 3.05) is 7.11 Å². The van der Waals surface area contributed by atoms with Crippen LogP contribution in [0.5, 0.6) is 0 Å². The van der Waals surface area contributed by atoms with Gasteiger partial charge in [0.25, 0.3) is 5.69 Å². The van der Waals surface area contributed by atoms with E-state index < -0.39 is 5.69 Å². The van der Waals surface area contributed by atoms with Crippen LogP contribution in [0.2, 0.25) is 0 Å². The van der Waals surface area contributed by atoms with Gasteiger partial charge in [0, 0.05) is 6.92 Å². The molecule has 0 spiro atoms. The molecular weight excluding hydrogens is 193 g/mol. The summed E-state index contributed by atoms with van der Waals surface area (Å²) in [6, 6.07) is 0. The topological polar surface area (TPSA) is 51.0 Å². The van der Waals surface area contributed by atoms with Crippen LogP contribution in [0, 0.1) is 0 Å². The van der Waals surface area contributed by atoms with E-state index in [9.17, 15) is 0 Å². The average molecular weight is 201 g/mol. The summed E-state index contributed by atoms with van der Waals surface area (Å²) in [5.74, 6) is 0.170. The first kappa shape index (κ1) is 10.2. The van der Waals surface area contributed by atoms with Crippen molar-refractivity contribution in [2.45, 2.75) is 6.92 Å². The van der Waals surface area contributed by atoms with Crippen molar-refractivity contribution in [2.24, 2.45) is 5.16 Å². The van der Waals surface area contributed by atoms with Crippen LogP contribution in [0.1, 0.15) is 6.92 Å². The maximum Gasteiger partial charge on any atom is 0.292 e. The molecule has 0 saturated heterocycles. The van der Waals surface area contributed by atoms with E-state index in [4.69, 9.17) is 4.89 Å². The zero-order chi connectivity index (χ0) is 8.20. The second-order valence-electron chi connectivity index (χ2n) is 1.37. The third kappa shape index (κ3) is 6.35. The van der Waals surface area contributed by atoms with Gasteiger partial charge in [0.1, 0.15) is 7.11 Å². The number of hydrogen-bond acceptors (Lipinski definition) is 4. The molecule has 0 aliphatic carbocycles. The summed E-state index contributed by atoms with van der Waals surface area (Å²) in [5.41, 5.74) is -2.93. The number of thiol groups is 1. The van der Waals surface area contributed by atoms with Crippen molar-refractivity contribution in [3.63, 3.8) is 0 Å². The van der Waals surface area contributed by atoms with Crippen LogP contribution in [0.25, 0.3) is 0 Å². The van der Waals surface area contributed by atoms with E-state index >= 15 is 0 Å². The lowest BCUT2D eigenvalue weighted by Crippen LogP contribution is -1.94. The van der Waals surface area contributed by atoms with Gasteiger partial charge in [0.15, 0.2) is 0 Å². The van der Waals surface area contributed by atoms with Crippen molar-refractivity contribution in [3.8, 4) is 0 Å². The lowest BCUT2D eigenvalue weighted by atomic mass is 10.8. The van der Waals surface area contributed by atoms with Gasteiger partial charge >= 0.3 is 0 Å². The Morgan fingerprint density at radius 3 is 2.60 bits per heavy atom. The lowest BCUT2D eigenvalue weighted by molar-refractivity contribution is 0.205. The van der Waals surface area contributed by atoms with Crippen LogP contribution in [0.3, 0.4) is 0 Å². The molecule has 4 nitrogen and oxygen atoms in total. The monoisotopic (exact) mass is 201 g/mol. The van der Waals surface area contributed by atoms with Crippen molar-refractivity contribution in [3.05, 3.63) is 0 Å². The van der Waals surface area contributed by atoms with E-state index in [1.165, 1.54) is 14.0 Å². The van der Waals surface area contributed by atoms with Gasteiger partial charge < -0.3 is 14.3 Å². The Morgan fingerprint density at radius 2 is 2.30 bits per heavy atom. The minimum Gasteiger partial charge on any atom is -0.419 e. The Balaban J connectivity index is 3.92. The molecule has 10 heavy (non-hydrogen) atoms. The van der Waals surface area contributed by atoms with Gasteiger partial charge in [0.05, 0.1) is 0 Å². The Kier molecular flexibility index (Phi) is 4.28. The van der Waals surface area contributed by atoms with Crippen LogP contribution < -0.4 is 0 Å². The zero-order valence-corrected chi connectivity index (χ0v) is 8.12. The molecule has 0 fully saturated rings. The lowest BCUT2D eigenvalue weighted by Gasteiger charge is -2.07. The molecule has 0 aliphatic heterocycles. The van der Waals surface area contributed by atoms with Crippen molar-refractivity contribution >= 4 is 35.6 Å². The van der Waals surface area contributed by atoms with Crippen LogP contribution in [-0.4, -0.2) is 17.9 Å². The largest absolute Gasteiger partial charge is 0.419 e. The Hall–Kier alpha value is 0.230. The maximum atomic E-state index is 8.85. The molecule has 7 heteroatoms. The summed E-state index contributed by atoms with van der Waals surface area (Å²) in [4.78, 5) is 13.2. The van der Waals surface area contributed by atoms with Gasteiger partial charge in [-0.15, -0.1) is 0 Å². The smallest absolute Gasteiger partial charge is 0.292 e. The highest BCUT2D eigenvalue weighted by molar-refractivity contribution is 8.59. The van der Waals surface area contributed by atoms with E-state index in [1.807, 2.05) is 0 Å². The third-order valence-electron chi connectivity index (χ3n) is 0.471. The van der Waals surface area contributed by atoms with Crippen molar-refractivity contribution in [1.29, 1.82) is 0 Å². The maximum absolute atomic E-state index is 8.85. The fraction of sp³-hybridized carbons (Fsp3) is 0.667. The molecule has 0 aromatic carbocycles. The molecular formula is C3H8NO3PS2. The standard InChI is InChI=1S/C3H8NO3PS2/c1-3(4-6-2)7-8(5,9)10/h1-2H3,(H2,5,9,10)/b4-3+. The van der Waals surface area contributed by atoms with Gasteiger partial charge in [-0.05, 0) is 11.8 Å². The molecule has 0 aromatic heterocycles. The van der Waals surface area contributed by atoms with E-state index in [1.54, 1.807) is 0 Å². The first-order valence-electron chi connectivity index (χ1n) is 2.28. The Bertz CT molecular complexity index is 177. The van der Waals surface area contributed by atoms with Gasteiger partial charge in [-0.1, -0.05) is 17.4 Å². The van der Waals surface area contributed by atoms with Gasteiger partial charge in [-0.3, -0.25) is 0 Å². The number of oxime groups is 1. The minimum atomic E-state index is -2.93. The zero-order valence-electron chi connectivity index (χ0n) is 5.51. The molecule has 1 atom stereocenters. The molecule has 60 valence electrons. The minimum absolute atomic E-state index is 0.170. The van der Waals surface area contributed by atoms with E-state index in [2.05, 4.69) is 38.6 Å². The fourth-order valence-corrected chi connectivity index (χ4v) is 1.37.